The van der Waals surface area contributed by atoms with Gasteiger partial charge in [-0.25, -0.2) is 4.79 Å². The fraction of sp³-hybridized carbons (Fsp3) is 0.600. The predicted octanol–water partition coefficient (Wildman–Crippen LogP) is 1.97. The number of nitrogens with zero attached hydrogens (tertiary/aromatic N) is 1. The Labute approximate surface area is 213 Å². The zero-order valence-electron chi connectivity index (χ0n) is 21.0. The third-order valence-corrected chi connectivity index (χ3v) is 6.91. The van der Waals surface area contributed by atoms with Crippen molar-refractivity contribution in [3.63, 3.8) is 0 Å². The molecule has 0 saturated carbocycles. The van der Waals surface area contributed by atoms with Gasteiger partial charge in [-0.1, -0.05) is 19.1 Å². The molecule has 2 aliphatic heterocycles. The maximum Gasteiger partial charge on any atom is 0.416 e. The Bertz CT molecular complexity index is 1010. The molecule has 0 aliphatic carbocycles. The Balaban J connectivity index is 2.09. The summed E-state index contributed by atoms with van der Waals surface area (Å²) < 4.78 is 49.7. The largest absolute Gasteiger partial charge is 0.467 e. The fourth-order valence-corrected chi connectivity index (χ4v) is 5.04. The van der Waals surface area contributed by atoms with Crippen LogP contribution in [-0.4, -0.2) is 72.6 Å². The first-order valence-electron chi connectivity index (χ1n) is 12.2. The number of likely N-dealkylation sites (tertiary alicyclic amines) is 1. The van der Waals surface area contributed by atoms with Crippen molar-refractivity contribution in [2.75, 3.05) is 20.2 Å². The summed E-state index contributed by atoms with van der Waals surface area (Å²) in [5.74, 6) is -2.50. The molecule has 0 radical (unpaired) electrons. The number of hydrogen-bond acceptors (Lipinski definition) is 7. The molecule has 2 saturated heterocycles. The number of rotatable bonds is 8. The number of benzene rings is 1. The van der Waals surface area contributed by atoms with Crippen LogP contribution in [0, 0.1) is 0 Å². The molecule has 204 valence electrons. The molecule has 3 rings (SSSR count). The molecule has 1 aromatic carbocycles. The number of ether oxygens (including phenoxy) is 2. The number of nitrogens with one attached hydrogen (secondary N) is 2. The number of alkyl halides is 3. The highest BCUT2D eigenvalue weighted by Gasteiger charge is 2.59. The number of methoxy groups -OCH3 is 1. The smallest absolute Gasteiger partial charge is 0.416 e. The molecule has 9 nitrogen and oxygen atoms in total. The number of amides is 2. The molecule has 4 atom stereocenters. The number of carbonyl (C=O) groups excluding carboxylic acids is 4. The minimum atomic E-state index is -4.55. The number of halogens is 3. The van der Waals surface area contributed by atoms with Crippen LogP contribution < -0.4 is 10.6 Å². The van der Waals surface area contributed by atoms with Crippen molar-refractivity contribution in [1.82, 2.24) is 15.5 Å². The Kier molecular flexibility index (Phi) is 8.83. The molecular weight excluding hydrogens is 495 g/mol. The van der Waals surface area contributed by atoms with Gasteiger partial charge in [0.15, 0.2) is 5.54 Å². The lowest BCUT2D eigenvalue weighted by molar-refractivity contribution is -0.162. The van der Waals surface area contributed by atoms with Crippen molar-refractivity contribution in [2.45, 2.75) is 75.9 Å². The van der Waals surface area contributed by atoms with Crippen LogP contribution >= 0.6 is 0 Å². The highest BCUT2D eigenvalue weighted by molar-refractivity contribution is 5.97. The zero-order valence-corrected chi connectivity index (χ0v) is 21.0. The van der Waals surface area contributed by atoms with Gasteiger partial charge in [0.05, 0.1) is 18.7 Å². The standard InChI is InChI=1S/C25H32F3N3O6/c1-4-18(22(34)36-3)30-23(35)24(14-16-7-9-17(10-8-16)25(26,27)28)20(37-15(2)32)11-13-31(24)21(33)19-6-5-12-29-19/h7-10,18-20,29H,4-6,11-14H2,1-3H3,(H,30,35)/t18-,19+,20-,24-/m1/s1. The van der Waals surface area contributed by atoms with Crippen LogP contribution in [0.2, 0.25) is 0 Å². The SMILES string of the molecule is CC[C@@H](NC(=O)[C@@]1(Cc2ccc(C(F)(F)F)cc2)[C@H](OC(C)=O)CCN1C(=O)[C@@H]1CCCN1)C(=O)OC. The third-order valence-electron chi connectivity index (χ3n) is 6.91. The molecule has 12 heteroatoms. The Morgan fingerprint density at radius 3 is 2.38 bits per heavy atom. The van der Waals surface area contributed by atoms with Crippen LogP contribution in [0.5, 0.6) is 0 Å². The molecule has 0 bridgehead atoms. The molecule has 2 aliphatic rings. The lowest BCUT2D eigenvalue weighted by atomic mass is 9.83. The van der Waals surface area contributed by atoms with Crippen molar-refractivity contribution in [3.05, 3.63) is 35.4 Å². The van der Waals surface area contributed by atoms with E-state index in [0.29, 0.717) is 18.5 Å². The lowest BCUT2D eigenvalue weighted by Gasteiger charge is -2.42. The van der Waals surface area contributed by atoms with E-state index in [-0.39, 0.29) is 31.7 Å². The fourth-order valence-electron chi connectivity index (χ4n) is 5.04. The van der Waals surface area contributed by atoms with Crippen molar-refractivity contribution in [2.24, 2.45) is 0 Å². The normalized spacial score (nSPS) is 24.4. The van der Waals surface area contributed by atoms with Crippen molar-refractivity contribution in [3.8, 4) is 0 Å². The number of esters is 2. The monoisotopic (exact) mass is 527 g/mol. The first kappa shape index (κ1) is 28.4. The summed E-state index contributed by atoms with van der Waals surface area (Å²) >= 11 is 0. The molecule has 2 heterocycles. The molecule has 37 heavy (non-hydrogen) atoms. The number of hydrogen-bond donors (Lipinski definition) is 2. The van der Waals surface area contributed by atoms with E-state index in [4.69, 9.17) is 9.47 Å². The van der Waals surface area contributed by atoms with Gasteiger partial charge in [-0.3, -0.25) is 14.4 Å². The summed E-state index contributed by atoms with van der Waals surface area (Å²) in [6, 6.07) is 2.65. The van der Waals surface area contributed by atoms with Crippen molar-refractivity contribution in [1.29, 1.82) is 0 Å². The van der Waals surface area contributed by atoms with E-state index in [1.165, 1.54) is 31.1 Å². The van der Waals surface area contributed by atoms with E-state index in [9.17, 15) is 32.3 Å². The van der Waals surface area contributed by atoms with Crippen LogP contribution in [0.3, 0.4) is 0 Å². The second-order valence-corrected chi connectivity index (χ2v) is 9.28. The van der Waals surface area contributed by atoms with Gasteiger partial charge in [-0.2, -0.15) is 13.2 Å². The Hall–Kier alpha value is -3.15. The van der Waals surface area contributed by atoms with E-state index >= 15 is 0 Å². The first-order valence-corrected chi connectivity index (χ1v) is 12.2. The van der Waals surface area contributed by atoms with Gasteiger partial charge in [0, 0.05) is 26.3 Å². The molecule has 0 spiro atoms. The van der Waals surface area contributed by atoms with Crippen LogP contribution in [0.25, 0.3) is 0 Å². The number of carbonyl (C=O) groups is 4. The topological polar surface area (TPSA) is 114 Å². The van der Waals surface area contributed by atoms with Gasteiger partial charge in [-0.15, -0.1) is 0 Å². The minimum absolute atomic E-state index is 0.0814. The first-order chi connectivity index (χ1) is 17.4. The molecule has 0 aromatic heterocycles. The van der Waals surface area contributed by atoms with Gasteiger partial charge in [0.1, 0.15) is 12.1 Å². The zero-order chi connectivity index (χ0) is 27.4. The third kappa shape index (κ3) is 6.06. The van der Waals surface area contributed by atoms with Crippen LogP contribution in [0.4, 0.5) is 13.2 Å². The summed E-state index contributed by atoms with van der Waals surface area (Å²) in [7, 11) is 1.17. The molecule has 2 fully saturated rings. The van der Waals surface area contributed by atoms with Gasteiger partial charge in [0.2, 0.25) is 5.91 Å². The maximum absolute atomic E-state index is 14.0. The van der Waals surface area contributed by atoms with Gasteiger partial charge in [0.25, 0.3) is 5.91 Å². The summed E-state index contributed by atoms with van der Waals surface area (Å²) in [6.45, 7) is 3.54. The predicted molar refractivity (Wildman–Crippen MR) is 125 cm³/mol. The summed E-state index contributed by atoms with van der Waals surface area (Å²) in [4.78, 5) is 53.2. The second-order valence-electron chi connectivity index (χ2n) is 9.28. The van der Waals surface area contributed by atoms with E-state index in [1.807, 2.05) is 0 Å². The molecule has 0 unspecified atom stereocenters. The minimum Gasteiger partial charge on any atom is -0.467 e. The van der Waals surface area contributed by atoms with Gasteiger partial charge >= 0.3 is 18.1 Å². The second kappa shape index (κ2) is 11.5. The highest BCUT2D eigenvalue weighted by atomic mass is 19.4. The molecule has 1 aromatic rings. The van der Waals surface area contributed by atoms with Crippen molar-refractivity contribution >= 4 is 23.8 Å². The van der Waals surface area contributed by atoms with E-state index in [2.05, 4.69) is 10.6 Å². The lowest BCUT2D eigenvalue weighted by Crippen LogP contribution is -2.67. The van der Waals surface area contributed by atoms with E-state index < -0.39 is 53.3 Å². The van der Waals surface area contributed by atoms with Crippen LogP contribution in [0.1, 0.15) is 50.7 Å². The van der Waals surface area contributed by atoms with E-state index in [0.717, 1.165) is 18.6 Å². The van der Waals surface area contributed by atoms with Gasteiger partial charge < -0.3 is 25.0 Å². The van der Waals surface area contributed by atoms with E-state index in [1.54, 1.807) is 6.92 Å². The Morgan fingerprint density at radius 1 is 1.19 bits per heavy atom. The average molecular weight is 528 g/mol. The molecular formula is C25H32F3N3O6. The summed E-state index contributed by atoms with van der Waals surface area (Å²) in [5.41, 5.74) is -2.34. The highest BCUT2D eigenvalue weighted by Crippen LogP contribution is 2.38. The van der Waals surface area contributed by atoms with Gasteiger partial charge in [-0.05, 0) is 43.5 Å². The average Bonchev–Trinajstić information content (AvgIpc) is 3.50. The summed E-state index contributed by atoms with van der Waals surface area (Å²) in [6.07, 6.45) is -4.24. The van der Waals surface area contributed by atoms with Crippen LogP contribution in [0.15, 0.2) is 24.3 Å². The van der Waals surface area contributed by atoms with Crippen molar-refractivity contribution < 1.29 is 41.8 Å². The van der Waals surface area contributed by atoms with Crippen LogP contribution in [-0.2, 0) is 41.2 Å². The molecule has 2 amide bonds. The molecule has 2 N–H and O–H groups in total. The summed E-state index contributed by atoms with van der Waals surface area (Å²) in [5, 5.41) is 5.74. The maximum atomic E-state index is 14.0. The quantitative estimate of drug-likeness (QED) is 0.497. The Morgan fingerprint density at radius 2 is 1.86 bits per heavy atom.